The summed E-state index contributed by atoms with van der Waals surface area (Å²) in [5.74, 6) is 0.146. The molecule has 0 unspecified atom stereocenters. The third-order valence-electron chi connectivity index (χ3n) is 4.86. The second-order valence-electron chi connectivity index (χ2n) is 7.14. The van der Waals surface area contributed by atoms with Crippen molar-refractivity contribution in [1.82, 2.24) is 9.80 Å². The number of nitrogens with zero attached hydrogens (tertiary/aromatic N) is 2. The van der Waals surface area contributed by atoms with Crippen LogP contribution in [0.25, 0.3) is 0 Å². The Morgan fingerprint density at radius 3 is 2.68 bits per heavy atom. The third kappa shape index (κ3) is 7.03. The van der Waals surface area contributed by atoms with E-state index in [0.29, 0.717) is 37.5 Å². The summed E-state index contributed by atoms with van der Waals surface area (Å²) in [6.07, 6.45) is 0.827. The molecule has 2 aromatic rings. The van der Waals surface area contributed by atoms with E-state index in [-0.39, 0.29) is 34.7 Å². The van der Waals surface area contributed by atoms with Gasteiger partial charge in [0.2, 0.25) is 11.7 Å². The number of esters is 1. The lowest BCUT2D eigenvalue weighted by atomic mass is 10.1. The highest BCUT2D eigenvalue weighted by Crippen LogP contribution is 2.37. The monoisotopic (exact) mass is 456 g/mol. The van der Waals surface area contributed by atoms with Crippen LogP contribution in [0.5, 0.6) is 0 Å². The van der Waals surface area contributed by atoms with E-state index in [4.69, 9.17) is 4.42 Å². The van der Waals surface area contributed by atoms with Gasteiger partial charge in [-0.15, -0.1) is 0 Å². The molecule has 2 heterocycles. The minimum atomic E-state index is -4.36. The average Bonchev–Trinajstić information content (AvgIpc) is 3.04. The molecule has 31 heavy (non-hydrogen) atoms. The molecule has 1 amide bonds. The molecule has 1 aromatic carbocycles. The van der Waals surface area contributed by atoms with Gasteiger partial charge in [-0.25, -0.2) is 4.79 Å². The van der Waals surface area contributed by atoms with Crippen molar-refractivity contribution in [3.63, 3.8) is 0 Å². The van der Waals surface area contributed by atoms with Crippen molar-refractivity contribution in [3.05, 3.63) is 53.5 Å². The van der Waals surface area contributed by atoms with Gasteiger partial charge in [-0.05, 0) is 48.0 Å². The molecule has 0 N–H and O–H groups in total. The minimum absolute atomic E-state index is 0.0624. The molecule has 1 aliphatic rings. The first-order valence-corrected chi connectivity index (χ1v) is 10.6. The molecule has 0 saturated carbocycles. The van der Waals surface area contributed by atoms with Crippen molar-refractivity contribution in [3.8, 4) is 0 Å². The largest absolute Gasteiger partial charge is 0.463 e. The van der Waals surface area contributed by atoms with E-state index in [2.05, 4.69) is 9.64 Å². The predicted octanol–water partition coefficient (Wildman–Crippen LogP) is 3.96. The summed E-state index contributed by atoms with van der Waals surface area (Å²) in [6.45, 7) is 2.99. The maximum Gasteiger partial charge on any atom is 0.446 e. The summed E-state index contributed by atoms with van der Waals surface area (Å²) in [7, 11) is 1.29. The Hall–Kier alpha value is -2.46. The maximum absolute atomic E-state index is 12.7. The molecule has 0 radical (unpaired) electrons. The standard InChI is InChI=1S/C21H23F3N2O4S/c1-29-20(28)18-7-6-16(30-18)14-25-8-3-9-26(11-10-25)19(27)13-15-4-2-5-17(12-15)31-21(22,23)24/h2,4-7,12H,3,8-11,13-14H2,1H3. The fourth-order valence-corrected chi connectivity index (χ4v) is 4.04. The SMILES string of the molecule is COC(=O)c1ccc(CN2CCCN(C(=O)Cc3cccc(SC(F)(F)F)c3)CC2)o1. The number of thioether (sulfide) groups is 1. The Morgan fingerprint density at radius 2 is 1.94 bits per heavy atom. The predicted molar refractivity (Wildman–Crippen MR) is 109 cm³/mol. The molecule has 0 spiro atoms. The second kappa shape index (κ2) is 10.2. The number of methoxy groups -OCH3 is 1. The first-order chi connectivity index (χ1) is 14.7. The Kier molecular flexibility index (Phi) is 7.66. The number of carbonyl (C=O) groups excluding carboxylic acids is 2. The molecule has 0 bridgehead atoms. The van der Waals surface area contributed by atoms with Crippen molar-refractivity contribution in [2.24, 2.45) is 0 Å². The van der Waals surface area contributed by atoms with Gasteiger partial charge < -0.3 is 14.1 Å². The van der Waals surface area contributed by atoms with Crippen LogP contribution < -0.4 is 0 Å². The summed E-state index contributed by atoms with van der Waals surface area (Å²) in [4.78, 5) is 28.2. The van der Waals surface area contributed by atoms with Crippen molar-refractivity contribution in [2.45, 2.75) is 29.8 Å². The molecule has 0 atom stereocenters. The van der Waals surface area contributed by atoms with E-state index in [1.165, 1.54) is 25.3 Å². The number of ether oxygens (including phenoxy) is 1. The van der Waals surface area contributed by atoms with Gasteiger partial charge in [0, 0.05) is 31.1 Å². The molecular formula is C21H23F3N2O4S. The van der Waals surface area contributed by atoms with E-state index in [1.54, 1.807) is 23.1 Å². The van der Waals surface area contributed by atoms with E-state index >= 15 is 0 Å². The number of hydrogen-bond acceptors (Lipinski definition) is 6. The third-order valence-corrected chi connectivity index (χ3v) is 5.58. The number of benzene rings is 1. The first-order valence-electron chi connectivity index (χ1n) is 9.75. The number of furan rings is 1. The van der Waals surface area contributed by atoms with Crippen LogP contribution in [-0.2, 0) is 22.5 Å². The van der Waals surface area contributed by atoms with E-state index < -0.39 is 11.5 Å². The van der Waals surface area contributed by atoms with Gasteiger partial charge in [-0.2, -0.15) is 13.2 Å². The normalized spacial score (nSPS) is 15.5. The number of alkyl halides is 3. The number of hydrogen-bond donors (Lipinski definition) is 0. The van der Waals surface area contributed by atoms with E-state index in [9.17, 15) is 22.8 Å². The fourth-order valence-electron chi connectivity index (χ4n) is 3.41. The molecule has 168 valence electrons. The summed E-state index contributed by atoms with van der Waals surface area (Å²) < 4.78 is 47.9. The van der Waals surface area contributed by atoms with Crippen molar-refractivity contribution in [1.29, 1.82) is 0 Å². The minimum Gasteiger partial charge on any atom is -0.463 e. The van der Waals surface area contributed by atoms with Crippen LogP contribution in [0.15, 0.2) is 45.7 Å². The number of halogens is 3. The molecular weight excluding hydrogens is 433 g/mol. The van der Waals surface area contributed by atoms with Crippen molar-refractivity contribution >= 4 is 23.6 Å². The smallest absolute Gasteiger partial charge is 0.446 e. The zero-order valence-electron chi connectivity index (χ0n) is 17.0. The van der Waals surface area contributed by atoms with Crippen LogP contribution >= 0.6 is 11.8 Å². The van der Waals surface area contributed by atoms with Crippen LogP contribution in [0.4, 0.5) is 13.2 Å². The maximum atomic E-state index is 12.7. The average molecular weight is 456 g/mol. The van der Waals surface area contributed by atoms with Crippen LogP contribution in [0.1, 0.15) is 28.3 Å². The summed E-state index contributed by atoms with van der Waals surface area (Å²) in [5, 5.41) is 0. The number of carbonyl (C=O) groups is 2. The molecule has 10 heteroatoms. The summed E-state index contributed by atoms with van der Waals surface area (Å²) in [5.41, 5.74) is -3.80. The van der Waals surface area contributed by atoms with E-state index in [1.807, 2.05) is 0 Å². The van der Waals surface area contributed by atoms with Gasteiger partial charge in [0.1, 0.15) is 5.76 Å². The van der Waals surface area contributed by atoms with Crippen molar-refractivity contribution in [2.75, 3.05) is 33.3 Å². The highest BCUT2D eigenvalue weighted by Gasteiger charge is 2.29. The van der Waals surface area contributed by atoms with Gasteiger partial charge in [0.15, 0.2) is 0 Å². The lowest BCUT2D eigenvalue weighted by Gasteiger charge is -2.21. The van der Waals surface area contributed by atoms with Gasteiger partial charge >= 0.3 is 11.5 Å². The number of amides is 1. The molecule has 1 fully saturated rings. The summed E-state index contributed by atoms with van der Waals surface area (Å²) in [6, 6.07) is 9.29. The highest BCUT2D eigenvalue weighted by molar-refractivity contribution is 8.00. The van der Waals surface area contributed by atoms with Gasteiger partial charge in [-0.1, -0.05) is 12.1 Å². The quantitative estimate of drug-likeness (QED) is 0.485. The topological polar surface area (TPSA) is 63.0 Å². The molecule has 1 saturated heterocycles. The Labute approximate surface area is 182 Å². The molecule has 1 aliphatic heterocycles. The van der Waals surface area contributed by atoms with Crippen molar-refractivity contribution < 1.29 is 31.9 Å². The Balaban J connectivity index is 1.53. The van der Waals surface area contributed by atoms with Gasteiger partial charge in [-0.3, -0.25) is 9.69 Å². The second-order valence-corrected chi connectivity index (χ2v) is 8.28. The molecule has 3 rings (SSSR count). The summed E-state index contributed by atoms with van der Waals surface area (Å²) >= 11 is -0.182. The molecule has 1 aromatic heterocycles. The van der Waals surface area contributed by atoms with Gasteiger partial charge in [0.25, 0.3) is 0 Å². The highest BCUT2D eigenvalue weighted by atomic mass is 32.2. The zero-order valence-corrected chi connectivity index (χ0v) is 17.8. The lowest BCUT2D eigenvalue weighted by molar-refractivity contribution is -0.130. The molecule has 6 nitrogen and oxygen atoms in total. The van der Waals surface area contributed by atoms with Gasteiger partial charge in [0.05, 0.1) is 20.1 Å². The Bertz CT molecular complexity index is 916. The lowest BCUT2D eigenvalue weighted by Crippen LogP contribution is -2.36. The van der Waals surface area contributed by atoms with Crippen LogP contribution in [-0.4, -0.2) is 60.5 Å². The van der Waals surface area contributed by atoms with E-state index in [0.717, 1.165) is 13.0 Å². The molecule has 0 aliphatic carbocycles. The number of rotatable bonds is 6. The van der Waals surface area contributed by atoms with Crippen LogP contribution in [0.3, 0.4) is 0 Å². The first kappa shape index (κ1) is 23.2. The fraction of sp³-hybridized carbons (Fsp3) is 0.429. The van der Waals surface area contributed by atoms with Crippen LogP contribution in [0, 0.1) is 0 Å². The van der Waals surface area contributed by atoms with Crippen LogP contribution in [0.2, 0.25) is 0 Å². The Morgan fingerprint density at radius 1 is 1.13 bits per heavy atom. The zero-order chi connectivity index (χ0) is 22.4.